The zero-order valence-corrected chi connectivity index (χ0v) is 15.0. The van der Waals surface area contributed by atoms with E-state index < -0.39 is 0 Å². The highest BCUT2D eigenvalue weighted by Gasteiger charge is 2.38. The molecule has 3 heterocycles. The Morgan fingerprint density at radius 2 is 1.92 bits per heavy atom. The molecule has 1 aromatic heterocycles. The van der Waals surface area contributed by atoms with E-state index in [0.29, 0.717) is 0 Å². The van der Waals surface area contributed by atoms with Crippen molar-refractivity contribution in [2.24, 2.45) is 5.41 Å². The van der Waals surface area contributed by atoms with Crippen LogP contribution in [0, 0.1) is 11.2 Å². The van der Waals surface area contributed by atoms with Crippen LogP contribution in [-0.4, -0.2) is 64.6 Å². The molecule has 6 nitrogen and oxygen atoms in total. The molecule has 1 aromatic carbocycles. The van der Waals surface area contributed by atoms with E-state index in [0.717, 1.165) is 63.7 Å². The average Bonchev–Trinajstić information content (AvgIpc) is 3.07. The van der Waals surface area contributed by atoms with Crippen LogP contribution in [-0.2, 0) is 17.8 Å². The lowest BCUT2D eigenvalue weighted by atomic mass is 9.80. The number of ether oxygens (including phenoxy) is 1. The summed E-state index contributed by atoms with van der Waals surface area (Å²) in [5.74, 6) is -0.176. The highest BCUT2D eigenvalue weighted by atomic mass is 19.1. The lowest BCUT2D eigenvalue weighted by molar-refractivity contribution is 0.00241. The normalized spacial score (nSPS) is 25.4. The number of nitrogens with one attached hydrogen (secondary N) is 1. The summed E-state index contributed by atoms with van der Waals surface area (Å²) in [6, 6.07) is 6.86. The number of benzene rings is 1. The first-order valence-corrected chi connectivity index (χ1v) is 9.32. The number of aromatic nitrogens is 3. The van der Waals surface area contributed by atoms with Crippen LogP contribution in [0.5, 0.6) is 0 Å². The van der Waals surface area contributed by atoms with E-state index in [1.54, 1.807) is 18.3 Å². The van der Waals surface area contributed by atoms with Crippen LogP contribution in [0.2, 0.25) is 0 Å². The second kappa shape index (κ2) is 7.82. The van der Waals surface area contributed by atoms with Gasteiger partial charge in [0.25, 0.3) is 0 Å². The van der Waals surface area contributed by atoms with Crippen molar-refractivity contribution < 1.29 is 9.13 Å². The van der Waals surface area contributed by atoms with E-state index in [1.165, 1.54) is 12.8 Å². The molecule has 1 spiro atoms. The van der Waals surface area contributed by atoms with Gasteiger partial charge in [-0.3, -0.25) is 9.80 Å². The minimum absolute atomic E-state index is 0.151. The van der Waals surface area contributed by atoms with Gasteiger partial charge in [-0.2, -0.15) is 15.4 Å². The predicted molar refractivity (Wildman–Crippen MR) is 95.8 cm³/mol. The van der Waals surface area contributed by atoms with Crippen LogP contribution in [0.25, 0.3) is 0 Å². The number of nitrogens with zero attached hydrogens (tertiary/aromatic N) is 4. The summed E-state index contributed by atoms with van der Waals surface area (Å²) in [7, 11) is 0. The molecule has 1 N–H and O–H groups in total. The molecular weight excluding hydrogens is 333 g/mol. The fraction of sp³-hybridized carbons (Fsp3) is 0.579. The van der Waals surface area contributed by atoms with Crippen LogP contribution in [0.1, 0.15) is 24.1 Å². The van der Waals surface area contributed by atoms with E-state index in [-0.39, 0.29) is 11.2 Å². The quantitative estimate of drug-likeness (QED) is 0.906. The lowest BCUT2D eigenvalue weighted by Gasteiger charge is -2.43. The third kappa shape index (κ3) is 4.28. The molecule has 2 saturated heterocycles. The van der Waals surface area contributed by atoms with Crippen molar-refractivity contribution >= 4 is 0 Å². The molecule has 0 bridgehead atoms. The molecular formula is C19H26FN5O. The number of H-pyrrole nitrogens is 1. The summed E-state index contributed by atoms with van der Waals surface area (Å²) in [4.78, 5) is 4.92. The highest BCUT2D eigenvalue weighted by molar-refractivity contribution is 5.16. The number of rotatable bonds is 4. The maximum absolute atomic E-state index is 13.1. The van der Waals surface area contributed by atoms with Crippen LogP contribution < -0.4 is 0 Å². The topological polar surface area (TPSA) is 57.3 Å². The molecule has 2 aliphatic rings. The molecule has 26 heavy (non-hydrogen) atoms. The molecule has 0 amide bonds. The highest BCUT2D eigenvalue weighted by Crippen LogP contribution is 2.34. The first-order valence-electron chi connectivity index (χ1n) is 9.32. The lowest BCUT2D eigenvalue weighted by Crippen LogP contribution is -2.50. The van der Waals surface area contributed by atoms with Crippen molar-refractivity contribution in [2.75, 3.05) is 39.4 Å². The Labute approximate surface area is 153 Å². The summed E-state index contributed by atoms with van der Waals surface area (Å²) in [6.45, 7) is 7.28. The monoisotopic (exact) mass is 359 g/mol. The molecule has 0 radical (unpaired) electrons. The fourth-order valence-corrected chi connectivity index (χ4v) is 4.29. The van der Waals surface area contributed by atoms with Crippen LogP contribution in [0.4, 0.5) is 4.39 Å². The molecule has 4 rings (SSSR count). The van der Waals surface area contributed by atoms with Gasteiger partial charge in [0.15, 0.2) is 0 Å². The zero-order chi connectivity index (χ0) is 17.8. The minimum Gasteiger partial charge on any atom is -0.379 e. The molecule has 0 aliphatic carbocycles. The van der Waals surface area contributed by atoms with E-state index in [9.17, 15) is 4.39 Å². The Hall–Kier alpha value is -1.83. The van der Waals surface area contributed by atoms with Gasteiger partial charge in [-0.1, -0.05) is 12.1 Å². The molecule has 2 aromatic rings. The molecule has 140 valence electrons. The van der Waals surface area contributed by atoms with Crippen molar-refractivity contribution in [1.82, 2.24) is 25.2 Å². The van der Waals surface area contributed by atoms with Crippen LogP contribution in [0.15, 0.2) is 30.5 Å². The second-order valence-electron chi connectivity index (χ2n) is 7.67. The van der Waals surface area contributed by atoms with Gasteiger partial charge in [-0.25, -0.2) is 4.39 Å². The molecule has 1 atom stereocenters. The maximum Gasteiger partial charge on any atom is 0.123 e. The Kier molecular flexibility index (Phi) is 5.28. The van der Waals surface area contributed by atoms with Crippen molar-refractivity contribution in [2.45, 2.75) is 25.9 Å². The van der Waals surface area contributed by atoms with Gasteiger partial charge >= 0.3 is 0 Å². The Bertz CT molecular complexity index is 692. The fourth-order valence-electron chi connectivity index (χ4n) is 4.29. The number of likely N-dealkylation sites (tertiary alicyclic amines) is 1. The van der Waals surface area contributed by atoms with Gasteiger partial charge in [0.2, 0.25) is 0 Å². The van der Waals surface area contributed by atoms with E-state index >= 15 is 0 Å². The van der Waals surface area contributed by atoms with Gasteiger partial charge in [0.05, 0.1) is 25.1 Å². The molecule has 0 saturated carbocycles. The van der Waals surface area contributed by atoms with Crippen molar-refractivity contribution in [3.05, 3.63) is 47.5 Å². The summed E-state index contributed by atoms with van der Waals surface area (Å²) >= 11 is 0. The first-order chi connectivity index (χ1) is 12.7. The van der Waals surface area contributed by atoms with E-state index in [4.69, 9.17) is 4.74 Å². The third-order valence-corrected chi connectivity index (χ3v) is 5.43. The Morgan fingerprint density at radius 3 is 2.69 bits per heavy atom. The summed E-state index contributed by atoms with van der Waals surface area (Å²) < 4.78 is 19.1. The minimum atomic E-state index is -0.176. The SMILES string of the molecule is Fc1ccc(CN2CCC[C@@]3(COCCN(Cc4cn[nH]n4)C3)C2)cc1. The Morgan fingerprint density at radius 1 is 1.12 bits per heavy atom. The van der Waals surface area contributed by atoms with Crippen molar-refractivity contribution in [3.8, 4) is 0 Å². The molecule has 0 unspecified atom stereocenters. The van der Waals surface area contributed by atoms with Gasteiger partial charge in [0.1, 0.15) is 5.82 Å². The number of hydrogen-bond acceptors (Lipinski definition) is 5. The number of piperidine rings is 1. The third-order valence-electron chi connectivity index (χ3n) is 5.43. The van der Waals surface area contributed by atoms with Gasteiger partial charge < -0.3 is 4.74 Å². The number of halogens is 1. The summed E-state index contributed by atoms with van der Waals surface area (Å²) in [6.07, 6.45) is 4.14. The second-order valence-corrected chi connectivity index (χ2v) is 7.67. The molecule has 2 fully saturated rings. The van der Waals surface area contributed by atoms with Gasteiger partial charge in [-0.05, 0) is 37.1 Å². The first kappa shape index (κ1) is 17.6. The number of hydrogen-bond donors (Lipinski definition) is 1. The average molecular weight is 359 g/mol. The number of aromatic amines is 1. The summed E-state index contributed by atoms with van der Waals surface area (Å²) in [5.41, 5.74) is 2.29. The van der Waals surface area contributed by atoms with Gasteiger partial charge in [0, 0.05) is 38.1 Å². The van der Waals surface area contributed by atoms with E-state index in [1.807, 2.05) is 12.1 Å². The maximum atomic E-state index is 13.1. The van der Waals surface area contributed by atoms with Crippen molar-refractivity contribution in [3.63, 3.8) is 0 Å². The standard InChI is InChI=1S/C19H26FN5O/c20-17-4-2-16(3-5-17)11-24-7-1-6-19(13-24)14-25(8-9-26-15-19)12-18-10-21-23-22-18/h2-5,10H,1,6-9,11-15H2,(H,21,22,23)/t19-/m1/s1. The van der Waals surface area contributed by atoms with Crippen LogP contribution >= 0.6 is 0 Å². The van der Waals surface area contributed by atoms with E-state index in [2.05, 4.69) is 25.2 Å². The molecule has 2 aliphatic heterocycles. The van der Waals surface area contributed by atoms with Gasteiger partial charge in [-0.15, -0.1) is 0 Å². The van der Waals surface area contributed by atoms with Crippen LogP contribution in [0.3, 0.4) is 0 Å². The molecule has 7 heteroatoms. The largest absolute Gasteiger partial charge is 0.379 e. The van der Waals surface area contributed by atoms with Crippen molar-refractivity contribution in [1.29, 1.82) is 0 Å². The zero-order valence-electron chi connectivity index (χ0n) is 15.0. The Balaban J connectivity index is 1.42. The smallest absolute Gasteiger partial charge is 0.123 e. The summed E-state index contributed by atoms with van der Waals surface area (Å²) in [5, 5.41) is 10.8. The predicted octanol–water partition coefficient (Wildman–Crippen LogP) is 2.06.